The van der Waals surface area contributed by atoms with E-state index in [2.05, 4.69) is 15.3 Å². The van der Waals surface area contributed by atoms with Crippen molar-refractivity contribution in [2.24, 2.45) is 0 Å². The lowest BCUT2D eigenvalue weighted by atomic mass is 10.2. The number of carbonyl (C=O) groups is 1. The topological polar surface area (TPSA) is 75.1 Å². The number of nitrogens with zero attached hydrogens (tertiary/aromatic N) is 2. The van der Waals surface area contributed by atoms with Crippen LogP contribution in [-0.2, 0) is 4.79 Å². The molecule has 0 spiro atoms. The van der Waals surface area contributed by atoms with Crippen LogP contribution in [0.1, 0.15) is 18.2 Å². The molecule has 0 aliphatic rings. The molecule has 14 heavy (non-hydrogen) atoms. The summed E-state index contributed by atoms with van der Waals surface area (Å²) in [6.07, 6.45) is 1.42. The minimum absolute atomic E-state index is 0.576. The van der Waals surface area contributed by atoms with Crippen LogP contribution in [0.4, 0.5) is 5.82 Å². The molecule has 0 aliphatic carbocycles. The van der Waals surface area contributed by atoms with E-state index in [0.717, 1.165) is 11.3 Å². The van der Waals surface area contributed by atoms with Gasteiger partial charge in [0.1, 0.15) is 18.2 Å². The van der Waals surface area contributed by atoms with Crippen LogP contribution in [0.5, 0.6) is 0 Å². The average molecular weight is 195 g/mol. The Balaban J connectivity index is 2.87. The first-order chi connectivity index (χ1) is 6.52. The van der Waals surface area contributed by atoms with Crippen molar-refractivity contribution in [3.63, 3.8) is 0 Å². The molecule has 1 heterocycles. The van der Waals surface area contributed by atoms with E-state index in [1.165, 1.54) is 6.33 Å². The van der Waals surface area contributed by atoms with Gasteiger partial charge in [-0.15, -0.1) is 0 Å². The van der Waals surface area contributed by atoms with Crippen LogP contribution in [-0.4, -0.2) is 27.1 Å². The zero-order chi connectivity index (χ0) is 10.7. The highest BCUT2D eigenvalue weighted by Crippen LogP contribution is 2.13. The Morgan fingerprint density at radius 3 is 2.71 bits per heavy atom. The maximum atomic E-state index is 10.6. The smallest absolute Gasteiger partial charge is 0.325 e. The number of rotatable bonds is 3. The molecule has 0 fully saturated rings. The van der Waals surface area contributed by atoms with Crippen LogP contribution in [0.15, 0.2) is 6.33 Å². The third-order valence-corrected chi connectivity index (χ3v) is 2.06. The summed E-state index contributed by atoms with van der Waals surface area (Å²) >= 11 is 0. The second kappa shape index (κ2) is 4.04. The fraction of sp³-hybridized carbons (Fsp3) is 0.444. The lowest BCUT2D eigenvalue weighted by molar-refractivity contribution is -0.137. The normalized spacial score (nSPS) is 12.2. The van der Waals surface area contributed by atoms with Crippen LogP contribution in [0.3, 0.4) is 0 Å². The molecule has 0 saturated heterocycles. The van der Waals surface area contributed by atoms with Crippen molar-refractivity contribution in [2.75, 3.05) is 5.32 Å². The molecule has 0 saturated carbocycles. The molecule has 0 amide bonds. The fourth-order valence-corrected chi connectivity index (χ4v) is 0.951. The second-order valence-electron chi connectivity index (χ2n) is 3.14. The molecule has 0 aromatic carbocycles. The lowest BCUT2D eigenvalue weighted by Crippen LogP contribution is -2.26. The Hall–Kier alpha value is -1.65. The first-order valence-corrected chi connectivity index (χ1v) is 4.30. The summed E-state index contributed by atoms with van der Waals surface area (Å²) in [5, 5.41) is 11.5. The summed E-state index contributed by atoms with van der Waals surface area (Å²) in [5.41, 5.74) is 1.72. The number of anilines is 1. The molecule has 0 bridgehead atoms. The van der Waals surface area contributed by atoms with Crippen molar-refractivity contribution >= 4 is 11.8 Å². The van der Waals surface area contributed by atoms with Crippen molar-refractivity contribution in [2.45, 2.75) is 26.8 Å². The molecule has 5 nitrogen and oxygen atoms in total. The van der Waals surface area contributed by atoms with Gasteiger partial charge in [0, 0.05) is 11.3 Å². The van der Waals surface area contributed by atoms with Gasteiger partial charge in [0.2, 0.25) is 0 Å². The third-order valence-electron chi connectivity index (χ3n) is 2.06. The van der Waals surface area contributed by atoms with Crippen molar-refractivity contribution in [1.82, 2.24) is 9.97 Å². The number of aromatic nitrogens is 2. The Morgan fingerprint density at radius 2 is 2.14 bits per heavy atom. The molecule has 1 aromatic heterocycles. The number of aliphatic carboxylic acids is 1. The first kappa shape index (κ1) is 10.4. The van der Waals surface area contributed by atoms with Gasteiger partial charge in [-0.2, -0.15) is 0 Å². The van der Waals surface area contributed by atoms with Crippen LogP contribution >= 0.6 is 0 Å². The number of aryl methyl sites for hydroxylation is 1. The quantitative estimate of drug-likeness (QED) is 0.751. The minimum atomic E-state index is -0.902. The van der Waals surface area contributed by atoms with Crippen LogP contribution < -0.4 is 5.32 Å². The molecule has 1 atom stereocenters. The Kier molecular flexibility index (Phi) is 3.01. The molecule has 0 aliphatic heterocycles. The number of hydrogen-bond donors (Lipinski definition) is 2. The van der Waals surface area contributed by atoms with E-state index in [9.17, 15) is 4.79 Å². The zero-order valence-electron chi connectivity index (χ0n) is 8.40. The van der Waals surface area contributed by atoms with Gasteiger partial charge in [-0.25, -0.2) is 9.97 Å². The van der Waals surface area contributed by atoms with Crippen molar-refractivity contribution in [3.05, 3.63) is 17.6 Å². The molecule has 0 radical (unpaired) electrons. The van der Waals surface area contributed by atoms with E-state index in [0.29, 0.717) is 5.82 Å². The standard InChI is InChI=1S/C9H13N3O2/c1-5-6(2)10-4-11-8(5)12-7(3)9(13)14/h4,7H,1-3H3,(H,13,14)(H,10,11,12). The van der Waals surface area contributed by atoms with E-state index >= 15 is 0 Å². The monoisotopic (exact) mass is 195 g/mol. The molecule has 1 unspecified atom stereocenters. The highest BCUT2D eigenvalue weighted by Gasteiger charge is 2.12. The largest absolute Gasteiger partial charge is 0.480 e. The Morgan fingerprint density at radius 1 is 1.50 bits per heavy atom. The number of nitrogens with one attached hydrogen (secondary N) is 1. The molecular formula is C9H13N3O2. The van der Waals surface area contributed by atoms with Gasteiger partial charge in [0.15, 0.2) is 0 Å². The number of carboxylic acid groups (broad SMARTS) is 1. The van der Waals surface area contributed by atoms with Gasteiger partial charge in [0.05, 0.1) is 0 Å². The molecule has 5 heteroatoms. The van der Waals surface area contributed by atoms with Gasteiger partial charge in [-0.05, 0) is 20.8 Å². The van der Waals surface area contributed by atoms with Crippen LogP contribution in [0.2, 0.25) is 0 Å². The van der Waals surface area contributed by atoms with E-state index in [-0.39, 0.29) is 0 Å². The lowest BCUT2D eigenvalue weighted by Gasteiger charge is -2.12. The summed E-state index contributed by atoms with van der Waals surface area (Å²) in [4.78, 5) is 18.6. The predicted molar refractivity (Wildman–Crippen MR) is 52.2 cm³/mol. The minimum Gasteiger partial charge on any atom is -0.480 e. The molecular weight excluding hydrogens is 182 g/mol. The van der Waals surface area contributed by atoms with Gasteiger partial charge >= 0.3 is 5.97 Å². The SMILES string of the molecule is Cc1ncnc(NC(C)C(=O)O)c1C. The summed E-state index contributed by atoms with van der Waals surface area (Å²) in [7, 11) is 0. The predicted octanol–water partition coefficient (Wildman–Crippen LogP) is 0.978. The van der Waals surface area contributed by atoms with Gasteiger partial charge in [-0.1, -0.05) is 0 Å². The summed E-state index contributed by atoms with van der Waals surface area (Å²) < 4.78 is 0. The van der Waals surface area contributed by atoms with Gasteiger partial charge < -0.3 is 10.4 Å². The zero-order valence-corrected chi connectivity index (χ0v) is 8.40. The van der Waals surface area contributed by atoms with Crippen LogP contribution in [0.25, 0.3) is 0 Å². The Bertz CT molecular complexity index is 352. The van der Waals surface area contributed by atoms with Crippen molar-refractivity contribution in [1.29, 1.82) is 0 Å². The third kappa shape index (κ3) is 2.18. The van der Waals surface area contributed by atoms with Crippen LogP contribution in [0, 0.1) is 13.8 Å². The summed E-state index contributed by atoms with van der Waals surface area (Å²) in [6.45, 7) is 5.28. The summed E-state index contributed by atoms with van der Waals surface area (Å²) in [6, 6.07) is -0.650. The first-order valence-electron chi connectivity index (χ1n) is 4.30. The Labute approximate surface area is 82.2 Å². The van der Waals surface area contributed by atoms with Crippen molar-refractivity contribution < 1.29 is 9.90 Å². The van der Waals surface area contributed by atoms with Gasteiger partial charge in [-0.3, -0.25) is 4.79 Å². The van der Waals surface area contributed by atoms with Gasteiger partial charge in [0.25, 0.3) is 0 Å². The molecule has 2 N–H and O–H groups in total. The average Bonchev–Trinajstić information content (AvgIpc) is 2.12. The highest BCUT2D eigenvalue weighted by atomic mass is 16.4. The fourth-order valence-electron chi connectivity index (χ4n) is 0.951. The van der Waals surface area contributed by atoms with E-state index in [1.807, 2.05) is 13.8 Å². The number of hydrogen-bond acceptors (Lipinski definition) is 4. The maximum Gasteiger partial charge on any atom is 0.325 e. The highest BCUT2D eigenvalue weighted by molar-refractivity contribution is 5.76. The van der Waals surface area contributed by atoms with E-state index in [1.54, 1.807) is 6.92 Å². The summed E-state index contributed by atoms with van der Waals surface area (Å²) in [5.74, 6) is -0.326. The number of carboxylic acids is 1. The maximum absolute atomic E-state index is 10.6. The second-order valence-corrected chi connectivity index (χ2v) is 3.14. The van der Waals surface area contributed by atoms with Crippen molar-refractivity contribution in [3.8, 4) is 0 Å². The molecule has 1 aromatic rings. The molecule has 1 rings (SSSR count). The van der Waals surface area contributed by atoms with E-state index < -0.39 is 12.0 Å². The molecule has 76 valence electrons. The van der Waals surface area contributed by atoms with E-state index in [4.69, 9.17) is 5.11 Å².